The highest BCUT2D eigenvalue weighted by Gasteiger charge is 1.96. The van der Waals surface area contributed by atoms with Crippen LogP contribution in [0.2, 0.25) is 0 Å². The largest absolute Gasteiger partial charge is 0.374 e. The van der Waals surface area contributed by atoms with Gasteiger partial charge < -0.3 is 10.1 Å². The first-order chi connectivity index (χ1) is 7.22. The lowest BCUT2D eigenvalue weighted by molar-refractivity contribution is 0.259. The molecule has 0 heterocycles. The van der Waals surface area contributed by atoms with Gasteiger partial charge in [-0.05, 0) is 17.7 Å². The number of nitrogens with one attached hydrogen (secondary N) is 1. The van der Waals surface area contributed by atoms with Crippen molar-refractivity contribution < 1.29 is 4.74 Å². The SMILES string of the molecule is COCSc1ccc(CNC(C)C)cc1. The number of methoxy groups -OCH3 is 1. The molecular formula is C12H19NOS. The minimum absolute atomic E-state index is 0.535. The molecular weight excluding hydrogens is 206 g/mol. The lowest BCUT2D eigenvalue weighted by Gasteiger charge is -2.08. The molecule has 0 amide bonds. The third-order valence-corrected chi connectivity index (χ3v) is 2.94. The Kier molecular flexibility index (Phi) is 5.76. The molecule has 0 fully saturated rings. The van der Waals surface area contributed by atoms with E-state index in [2.05, 4.69) is 43.4 Å². The van der Waals surface area contributed by atoms with E-state index in [9.17, 15) is 0 Å². The van der Waals surface area contributed by atoms with E-state index in [0.717, 1.165) is 6.54 Å². The van der Waals surface area contributed by atoms with Gasteiger partial charge in [0, 0.05) is 24.6 Å². The topological polar surface area (TPSA) is 21.3 Å². The molecule has 1 rings (SSSR count). The third kappa shape index (κ3) is 5.21. The summed E-state index contributed by atoms with van der Waals surface area (Å²) in [6.45, 7) is 5.25. The zero-order valence-electron chi connectivity index (χ0n) is 9.62. The zero-order valence-corrected chi connectivity index (χ0v) is 10.4. The first-order valence-electron chi connectivity index (χ1n) is 5.16. The second kappa shape index (κ2) is 6.88. The maximum absolute atomic E-state index is 5.01. The molecule has 0 saturated heterocycles. The van der Waals surface area contributed by atoms with Gasteiger partial charge in [0.05, 0.1) is 5.94 Å². The van der Waals surface area contributed by atoms with Crippen LogP contribution in [-0.2, 0) is 11.3 Å². The molecule has 1 aromatic carbocycles. The average molecular weight is 225 g/mol. The number of thioether (sulfide) groups is 1. The molecule has 0 aliphatic carbocycles. The fraction of sp³-hybridized carbons (Fsp3) is 0.500. The molecule has 0 radical (unpaired) electrons. The lowest BCUT2D eigenvalue weighted by atomic mass is 10.2. The fourth-order valence-electron chi connectivity index (χ4n) is 1.15. The van der Waals surface area contributed by atoms with Crippen molar-refractivity contribution in [2.24, 2.45) is 0 Å². The van der Waals surface area contributed by atoms with Crippen molar-refractivity contribution in [3.05, 3.63) is 29.8 Å². The molecule has 0 bridgehead atoms. The molecule has 84 valence electrons. The summed E-state index contributed by atoms with van der Waals surface area (Å²) in [5, 5.41) is 3.39. The highest BCUT2D eigenvalue weighted by molar-refractivity contribution is 7.99. The summed E-state index contributed by atoms with van der Waals surface area (Å²) in [7, 11) is 1.72. The number of rotatable bonds is 6. The van der Waals surface area contributed by atoms with Gasteiger partial charge in [-0.3, -0.25) is 0 Å². The summed E-state index contributed by atoms with van der Waals surface area (Å²) < 4.78 is 5.01. The van der Waals surface area contributed by atoms with Gasteiger partial charge in [-0.1, -0.05) is 37.7 Å². The van der Waals surface area contributed by atoms with Gasteiger partial charge in [-0.15, -0.1) is 0 Å². The van der Waals surface area contributed by atoms with Crippen LogP contribution in [0, 0.1) is 0 Å². The van der Waals surface area contributed by atoms with Crippen LogP contribution < -0.4 is 5.32 Å². The molecule has 1 aromatic rings. The molecule has 1 N–H and O–H groups in total. The molecule has 3 heteroatoms. The summed E-state index contributed by atoms with van der Waals surface area (Å²) >= 11 is 1.71. The third-order valence-electron chi connectivity index (χ3n) is 1.98. The summed E-state index contributed by atoms with van der Waals surface area (Å²) in [5.41, 5.74) is 1.32. The minimum Gasteiger partial charge on any atom is -0.374 e. The molecule has 0 aliphatic heterocycles. The van der Waals surface area contributed by atoms with Gasteiger partial charge in [0.25, 0.3) is 0 Å². The van der Waals surface area contributed by atoms with E-state index in [1.807, 2.05) is 0 Å². The van der Waals surface area contributed by atoms with Crippen molar-refractivity contribution in [1.82, 2.24) is 5.32 Å². The van der Waals surface area contributed by atoms with Crippen molar-refractivity contribution in [1.29, 1.82) is 0 Å². The number of hydrogen-bond acceptors (Lipinski definition) is 3. The van der Waals surface area contributed by atoms with Crippen molar-refractivity contribution in [2.45, 2.75) is 31.3 Å². The smallest absolute Gasteiger partial charge is 0.0963 e. The predicted octanol–water partition coefficient (Wildman–Crippen LogP) is 2.88. The van der Waals surface area contributed by atoms with E-state index in [4.69, 9.17) is 4.74 Å². The molecule has 0 aromatic heterocycles. The lowest BCUT2D eigenvalue weighted by Crippen LogP contribution is -2.21. The Hall–Kier alpha value is -0.510. The summed E-state index contributed by atoms with van der Waals surface area (Å²) in [5.74, 6) is 0.712. The second-order valence-electron chi connectivity index (χ2n) is 3.73. The molecule has 15 heavy (non-hydrogen) atoms. The molecule has 0 saturated carbocycles. The Morgan fingerprint density at radius 1 is 1.27 bits per heavy atom. The maximum Gasteiger partial charge on any atom is 0.0963 e. The Labute approximate surface area is 96.4 Å². The summed E-state index contributed by atoms with van der Waals surface area (Å²) in [6, 6.07) is 9.13. The van der Waals surface area contributed by atoms with E-state index < -0.39 is 0 Å². The number of benzene rings is 1. The van der Waals surface area contributed by atoms with E-state index in [1.165, 1.54) is 10.5 Å². The minimum atomic E-state index is 0.535. The monoisotopic (exact) mass is 225 g/mol. The highest BCUT2D eigenvalue weighted by Crippen LogP contribution is 2.18. The van der Waals surface area contributed by atoms with Crippen molar-refractivity contribution >= 4 is 11.8 Å². The van der Waals surface area contributed by atoms with Gasteiger partial charge in [0.15, 0.2) is 0 Å². The van der Waals surface area contributed by atoms with Gasteiger partial charge in [0.1, 0.15) is 0 Å². The number of ether oxygens (including phenoxy) is 1. The predicted molar refractivity (Wildman–Crippen MR) is 66.2 cm³/mol. The Balaban J connectivity index is 2.41. The van der Waals surface area contributed by atoms with E-state index in [-0.39, 0.29) is 0 Å². The van der Waals surface area contributed by atoms with Gasteiger partial charge in [-0.2, -0.15) is 0 Å². The Bertz CT molecular complexity index is 271. The Morgan fingerprint density at radius 3 is 2.47 bits per heavy atom. The van der Waals surface area contributed by atoms with Crippen LogP contribution in [0.25, 0.3) is 0 Å². The van der Waals surface area contributed by atoms with Crippen LogP contribution >= 0.6 is 11.8 Å². The number of hydrogen-bond donors (Lipinski definition) is 1. The molecule has 0 unspecified atom stereocenters. The van der Waals surface area contributed by atoms with Crippen LogP contribution in [0.1, 0.15) is 19.4 Å². The van der Waals surface area contributed by atoms with Crippen LogP contribution in [0.3, 0.4) is 0 Å². The Morgan fingerprint density at radius 2 is 1.93 bits per heavy atom. The molecule has 2 nitrogen and oxygen atoms in total. The van der Waals surface area contributed by atoms with E-state index in [0.29, 0.717) is 12.0 Å². The van der Waals surface area contributed by atoms with E-state index in [1.54, 1.807) is 18.9 Å². The van der Waals surface area contributed by atoms with Crippen LogP contribution in [0.4, 0.5) is 0 Å². The summed E-state index contributed by atoms with van der Waals surface area (Å²) in [6.07, 6.45) is 0. The fourth-order valence-corrected chi connectivity index (χ4v) is 1.73. The van der Waals surface area contributed by atoms with Crippen LogP contribution in [-0.4, -0.2) is 19.1 Å². The molecule has 0 atom stereocenters. The normalized spacial score (nSPS) is 10.9. The first kappa shape index (κ1) is 12.6. The van der Waals surface area contributed by atoms with Crippen molar-refractivity contribution in [2.75, 3.05) is 13.0 Å². The van der Waals surface area contributed by atoms with Crippen LogP contribution in [0.15, 0.2) is 29.2 Å². The molecule has 0 aliphatic rings. The maximum atomic E-state index is 5.01. The standard InChI is InChI=1S/C12H19NOS/c1-10(2)13-8-11-4-6-12(7-5-11)15-9-14-3/h4-7,10,13H,8-9H2,1-3H3. The van der Waals surface area contributed by atoms with Crippen LogP contribution in [0.5, 0.6) is 0 Å². The second-order valence-corrected chi connectivity index (χ2v) is 4.73. The van der Waals surface area contributed by atoms with Crippen molar-refractivity contribution in [3.8, 4) is 0 Å². The average Bonchev–Trinajstić information content (AvgIpc) is 2.25. The first-order valence-corrected chi connectivity index (χ1v) is 6.15. The van der Waals surface area contributed by atoms with E-state index >= 15 is 0 Å². The van der Waals surface area contributed by atoms with Gasteiger partial charge in [-0.25, -0.2) is 0 Å². The van der Waals surface area contributed by atoms with Crippen molar-refractivity contribution in [3.63, 3.8) is 0 Å². The van der Waals surface area contributed by atoms with Gasteiger partial charge >= 0.3 is 0 Å². The molecule has 0 spiro atoms. The van der Waals surface area contributed by atoms with Gasteiger partial charge in [0.2, 0.25) is 0 Å². The quantitative estimate of drug-likeness (QED) is 0.594. The summed E-state index contributed by atoms with van der Waals surface area (Å²) in [4.78, 5) is 1.25. The highest BCUT2D eigenvalue weighted by atomic mass is 32.2. The zero-order chi connectivity index (χ0) is 11.1.